The fraction of sp³-hybridized carbons (Fsp3) is 0.0714. The number of pyridine rings is 1. The van der Waals surface area contributed by atoms with Crippen LogP contribution in [0.1, 0.15) is 5.56 Å². The maximum absolute atomic E-state index is 9.27. The summed E-state index contributed by atoms with van der Waals surface area (Å²) in [4.78, 5) is 4.59. The zero-order valence-corrected chi connectivity index (χ0v) is 8.72. The molecule has 0 atom stereocenters. The second-order valence-electron chi connectivity index (χ2n) is 3.83. The number of aromatic nitrogens is 1. The van der Waals surface area contributed by atoms with Gasteiger partial charge in [0.05, 0.1) is 17.6 Å². The van der Waals surface area contributed by atoms with Gasteiger partial charge in [-0.1, -0.05) is 36.4 Å². The lowest BCUT2D eigenvalue weighted by molar-refractivity contribution is 0.283. The van der Waals surface area contributed by atoms with Crippen LogP contribution in [0.25, 0.3) is 21.8 Å². The smallest absolute Gasteiger partial charge is 0.0764 e. The molecule has 0 spiro atoms. The highest BCUT2D eigenvalue weighted by Crippen LogP contribution is 2.22. The average molecular weight is 209 g/mol. The molecule has 3 rings (SSSR count). The van der Waals surface area contributed by atoms with E-state index in [0.29, 0.717) is 0 Å². The largest absolute Gasteiger partial charge is 0.392 e. The van der Waals surface area contributed by atoms with Crippen LogP contribution in [0.3, 0.4) is 0 Å². The number of aliphatic hydroxyl groups is 1. The van der Waals surface area contributed by atoms with E-state index >= 15 is 0 Å². The van der Waals surface area contributed by atoms with Gasteiger partial charge in [0, 0.05) is 16.3 Å². The number of benzene rings is 2. The summed E-state index contributed by atoms with van der Waals surface area (Å²) in [7, 11) is 0. The Morgan fingerprint density at radius 3 is 2.62 bits per heavy atom. The Morgan fingerprint density at radius 2 is 1.75 bits per heavy atom. The summed E-state index contributed by atoms with van der Waals surface area (Å²) in [5.41, 5.74) is 2.74. The molecule has 1 N–H and O–H groups in total. The number of aliphatic hydroxyl groups excluding tert-OH is 1. The molecule has 0 bridgehead atoms. The minimum Gasteiger partial charge on any atom is -0.392 e. The van der Waals surface area contributed by atoms with Gasteiger partial charge in [-0.15, -0.1) is 0 Å². The summed E-state index contributed by atoms with van der Waals surface area (Å²) < 4.78 is 0. The standard InChI is InChI=1S/C14H11NO/c16-9-12-6-3-5-11-8-10-4-1-2-7-13(10)15-14(11)12/h1-8,16H,9H2. The van der Waals surface area contributed by atoms with Crippen molar-refractivity contribution >= 4 is 21.8 Å². The molecule has 78 valence electrons. The third-order valence-electron chi connectivity index (χ3n) is 2.80. The Kier molecular flexibility index (Phi) is 2.08. The van der Waals surface area contributed by atoms with Gasteiger partial charge < -0.3 is 5.11 Å². The second kappa shape index (κ2) is 3.58. The molecule has 1 heterocycles. The SMILES string of the molecule is OCc1cccc2cc3ccccc3nc12. The van der Waals surface area contributed by atoms with Gasteiger partial charge in [0.2, 0.25) is 0 Å². The topological polar surface area (TPSA) is 33.1 Å². The van der Waals surface area contributed by atoms with Crippen molar-refractivity contribution in [3.8, 4) is 0 Å². The van der Waals surface area contributed by atoms with Crippen molar-refractivity contribution in [1.29, 1.82) is 0 Å². The number of rotatable bonds is 1. The van der Waals surface area contributed by atoms with Crippen LogP contribution in [0.5, 0.6) is 0 Å². The molecule has 0 saturated carbocycles. The van der Waals surface area contributed by atoms with E-state index in [9.17, 15) is 5.11 Å². The molecule has 0 aliphatic carbocycles. The second-order valence-corrected chi connectivity index (χ2v) is 3.83. The highest BCUT2D eigenvalue weighted by molar-refractivity contribution is 5.93. The first-order valence-electron chi connectivity index (χ1n) is 5.27. The van der Waals surface area contributed by atoms with E-state index in [1.165, 1.54) is 0 Å². The molecule has 0 radical (unpaired) electrons. The van der Waals surface area contributed by atoms with Crippen molar-refractivity contribution in [2.45, 2.75) is 6.61 Å². The fourth-order valence-corrected chi connectivity index (χ4v) is 1.99. The van der Waals surface area contributed by atoms with E-state index in [1.807, 2.05) is 42.5 Å². The van der Waals surface area contributed by atoms with Crippen LogP contribution in [0.15, 0.2) is 48.5 Å². The molecule has 16 heavy (non-hydrogen) atoms. The number of para-hydroxylation sites is 2. The van der Waals surface area contributed by atoms with Gasteiger partial charge in [0.15, 0.2) is 0 Å². The molecule has 0 unspecified atom stereocenters. The minimum absolute atomic E-state index is 0.0304. The van der Waals surface area contributed by atoms with Crippen molar-refractivity contribution in [2.24, 2.45) is 0 Å². The molecule has 0 saturated heterocycles. The maximum Gasteiger partial charge on any atom is 0.0764 e. The lowest BCUT2D eigenvalue weighted by Gasteiger charge is -2.04. The summed E-state index contributed by atoms with van der Waals surface area (Å²) in [5, 5.41) is 11.5. The first kappa shape index (κ1) is 9.31. The number of fused-ring (bicyclic) bond motifs is 2. The molecule has 0 fully saturated rings. The van der Waals surface area contributed by atoms with E-state index in [-0.39, 0.29) is 6.61 Å². The molecule has 1 aromatic heterocycles. The molecule has 2 aromatic carbocycles. The first-order chi connectivity index (χ1) is 7.88. The Hall–Kier alpha value is -1.93. The van der Waals surface area contributed by atoms with Gasteiger partial charge in [0.1, 0.15) is 0 Å². The van der Waals surface area contributed by atoms with Crippen LogP contribution in [0.2, 0.25) is 0 Å². The van der Waals surface area contributed by atoms with E-state index in [0.717, 1.165) is 27.4 Å². The van der Waals surface area contributed by atoms with E-state index in [4.69, 9.17) is 0 Å². The first-order valence-corrected chi connectivity index (χ1v) is 5.27. The quantitative estimate of drug-likeness (QED) is 0.625. The van der Waals surface area contributed by atoms with Gasteiger partial charge in [-0.2, -0.15) is 0 Å². The number of hydrogen-bond donors (Lipinski definition) is 1. The molecule has 0 aliphatic rings. The molecular formula is C14H11NO. The summed E-state index contributed by atoms with van der Waals surface area (Å²) in [6.45, 7) is 0.0304. The lowest BCUT2D eigenvalue weighted by Crippen LogP contribution is -1.89. The average Bonchev–Trinajstić information content (AvgIpc) is 2.35. The molecule has 2 heteroatoms. The van der Waals surface area contributed by atoms with Crippen LogP contribution in [-0.4, -0.2) is 10.1 Å². The van der Waals surface area contributed by atoms with Crippen molar-refractivity contribution in [1.82, 2.24) is 4.98 Å². The van der Waals surface area contributed by atoms with Crippen LogP contribution in [0, 0.1) is 0 Å². The molecular weight excluding hydrogens is 198 g/mol. The highest BCUT2D eigenvalue weighted by Gasteiger charge is 2.03. The summed E-state index contributed by atoms with van der Waals surface area (Å²) >= 11 is 0. The van der Waals surface area contributed by atoms with Crippen molar-refractivity contribution in [3.05, 3.63) is 54.1 Å². The zero-order chi connectivity index (χ0) is 11.0. The zero-order valence-electron chi connectivity index (χ0n) is 8.72. The Bertz CT molecular complexity index is 661. The lowest BCUT2D eigenvalue weighted by atomic mass is 10.1. The molecule has 0 aliphatic heterocycles. The van der Waals surface area contributed by atoms with Crippen molar-refractivity contribution in [2.75, 3.05) is 0 Å². The highest BCUT2D eigenvalue weighted by atomic mass is 16.3. The van der Waals surface area contributed by atoms with Gasteiger partial charge >= 0.3 is 0 Å². The molecule has 3 aromatic rings. The van der Waals surface area contributed by atoms with Gasteiger partial charge in [-0.05, 0) is 12.1 Å². The van der Waals surface area contributed by atoms with E-state index in [2.05, 4.69) is 11.1 Å². The molecule has 2 nitrogen and oxygen atoms in total. The maximum atomic E-state index is 9.27. The van der Waals surface area contributed by atoms with Crippen LogP contribution in [0.4, 0.5) is 0 Å². The molecule has 0 amide bonds. The summed E-state index contributed by atoms with van der Waals surface area (Å²) in [6, 6.07) is 16.0. The third-order valence-corrected chi connectivity index (χ3v) is 2.80. The summed E-state index contributed by atoms with van der Waals surface area (Å²) in [5.74, 6) is 0. The third kappa shape index (κ3) is 1.35. The van der Waals surface area contributed by atoms with Crippen molar-refractivity contribution in [3.63, 3.8) is 0 Å². The monoisotopic (exact) mass is 209 g/mol. The Labute approximate surface area is 93.2 Å². The van der Waals surface area contributed by atoms with Gasteiger partial charge in [-0.3, -0.25) is 0 Å². The number of hydrogen-bond acceptors (Lipinski definition) is 2. The van der Waals surface area contributed by atoms with Crippen LogP contribution in [-0.2, 0) is 6.61 Å². The summed E-state index contributed by atoms with van der Waals surface area (Å²) in [6.07, 6.45) is 0. The Balaban J connectivity index is 2.46. The van der Waals surface area contributed by atoms with E-state index < -0.39 is 0 Å². The normalized spacial score (nSPS) is 11.1. The Morgan fingerprint density at radius 1 is 0.938 bits per heavy atom. The minimum atomic E-state index is 0.0304. The van der Waals surface area contributed by atoms with Gasteiger partial charge in [-0.25, -0.2) is 4.98 Å². The van der Waals surface area contributed by atoms with Crippen LogP contribution >= 0.6 is 0 Å². The predicted octanol–water partition coefficient (Wildman–Crippen LogP) is 2.88. The predicted molar refractivity (Wildman–Crippen MR) is 65.2 cm³/mol. The fourth-order valence-electron chi connectivity index (χ4n) is 1.99. The van der Waals surface area contributed by atoms with E-state index in [1.54, 1.807) is 0 Å². The van der Waals surface area contributed by atoms with Gasteiger partial charge in [0.25, 0.3) is 0 Å². The van der Waals surface area contributed by atoms with Crippen LogP contribution < -0.4 is 0 Å². The van der Waals surface area contributed by atoms with Crippen molar-refractivity contribution < 1.29 is 5.11 Å². The number of nitrogens with zero attached hydrogens (tertiary/aromatic N) is 1.